The van der Waals surface area contributed by atoms with E-state index in [-0.39, 0.29) is 37.7 Å². The van der Waals surface area contributed by atoms with Gasteiger partial charge in [-0.25, -0.2) is 8.42 Å². The van der Waals surface area contributed by atoms with Crippen LogP contribution in [0.1, 0.15) is 32.3 Å². The molecule has 0 aliphatic rings. The van der Waals surface area contributed by atoms with Crippen LogP contribution in [0, 0.1) is 0 Å². The van der Waals surface area contributed by atoms with Gasteiger partial charge in [0.1, 0.15) is 11.8 Å². The average Bonchev–Trinajstić information content (AvgIpc) is 2.80. The maximum absolute atomic E-state index is 13.3. The third kappa shape index (κ3) is 8.02. The molecule has 1 N–H and O–H groups in total. The number of carbonyl (C=O) groups is 2. The first-order valence-electron chi connectivity index (χ1n) is 11.1. The summed E-state index contributed by atoms with van der Waals surface area (Å²) >= 11 is 12.3. The van der Waals surface area contributed by atoms with Crippen molar-refractivity contribution in [3.05, 3.63) is 58.1 Å². The number of nitrogens with zero attached hydrogens (tertiary/aromatic N) is 2. The molecule has 2 rings (SSSR count). The van der Waals surface area contributed by atoms with E-state index in [0.717, 1.165) is 6.26 Å². The summed E-state index contributed by atoms with van der Waals surface area (Å²) in [4.78, 5) is 27.2. The Morgan fingerprint density at radius 2 is 1.83 bits per heavy atom. The predicted octanol–water partition coefficient (Wildman–Crippen LogP) is 4.10. The number of sulfonamides is 1. The number of hydrogen-bond donors (Lipinski definition) is 1. The molecule has 0 unspecified atom stereocenters. The maximum Gasteiger partial charge on any atom is 0.242 e. The Balaban J connectivity index is 2.22. The van der Waals surface area contributed by atoms with Crippen LogP contribution in [0.2, 0.25) is 10.0 Å². The van der Waals surface area contributed by atoms with Gasteiger partial charge in [-0.05, 0) is 50.1 Å². The molecule has 2 amide bonds. The zero-order valence-corrected chi connectivity index (χ0v) is 22.6. The smallest absolute Gasteiger partial charge is 0.242 e. The molecule has 11 heteroatoms. The van der Waals surface area contributed by atoms with Crippen molar-refractivity contribution in [2.24, 2.45) is 0 Å². The first-order chi connectivity index (χ1) is 16.5. The molecular weight excluding hydrogens is 513 g/mol. The summed E-state index contributed by atoms with van der Waals surface area (Å²) in [5, 5.41) is 3.58. The van der Waals surface area contributed by atoms with Gasteiger partial charge >= 0.3 is 0 Å². The predicted molar refractivity (Wildman–Crippen MR) is 140 cm³/mol. The second-order valence-electron chi connectivity index (χ2n) is 7.94. The summed E-state index contributed by atoms with van der Waals surface area (Å²) in [6.45, 7) is 4.04. The average molecular weight is 545 g/mol. The molecule has 8 nitrogen and oxygen atoms in total. The van der Waals surface area contributed by atoms with E-state index in [2.05, 4.69) is 5.32 Å². The summed E-state index contributed by atoms with van der Waals surface area (Å²) in [5.74, 6) is -0.186. The van der Waals surface area contributed by atoms with E-state index in [1.165, 1.54) is 16.3 Å². The molecule has 0 fully saturated rings. The van der Waals surface area contributed by atoms with Crippen LogP contribution in [-0.4, -0.2) is 57.6 Å². The van der Waals surface area contributed by atoms with Crippen LogP contribution in [0.4, 0.5) is 5.69 Å². The minimum absolute atomic E-state index is 0.0239. The van der Waals surface area contributed by atoms with Crippen LogP contribution in [0.15, 0.2) is 42.5 Å². The molecule has 0 radical (unpaired) electrons. The number of nitrogens with one attached hydrogen (secondary N) is 1. The van der Waals surface area contributed by atoms with E-state index < -0.39 is 16.1 Å². The summed E-state index contributed by atoms with van der Waals surface area (Å²) in [6, 6.07) is 11.0. The van der Waals surface area contributed by atoms with Crippen molar-refractivity contribution < 1.29 is 22.7 Å². The summed E-state index contributed by atoms with van der Waals surface area (Å²) < 4.78 is 31.5. The van der Waals surface area contributed by atoms with Gasteiger partial charge < -0.3 is 15.0 Å². The summed E-state index contributed by atoms with van der Waals surface area (Å²) in [6.07, 6.45) is 1.36. The maximum atomic E-state index is 13.3. The molecule has 35 heavy (non-hydrogen) atoms. The zero-order valence-electron chi connectivity index (χ0n) is 20.3. The fraction of sp³-hybridized carbons (Fsp3) is 0.417. The second kappa shape index (κ2) is 13.0. The Labute approximate surface area is 217 Å². The van der Waals surface area contributed by atoms with Gasteiger partial charge in [0.15, 0.2) is 0 Å². The Bertz CT molecular complexity index is 1140. The lowest BCUT2D eigenvalue weighted by Crippen LogP contribution is -2.47. The van der Waals surface area contributed by atoms with Crippen molar-refractivity contribution in [2.45, 2.75) is 39.3 Å². The quantitative estimate of drug-likeness (QED) is 0.434. The van der Waals surface area contributed by atoms with Crippen molar-refractivity contribution in [3.8, 4) is 5.75 Å². The van der Waals surface area contributed by atoms with Crippen molar-refractivity contribution >= 4 is 50.7 Å². The van der Waals surface area contributed by atoms with Crippen LogP contribution in [0.3, 0.4) is 0 Å². The molecule has 0 aromatic heterocycles. The van der Waals surface area contributed by atoms with E-state index in [9.17, 15) is 18.0 Å². The zero-order chi connectivity index (χ0) is 26.2. The van der Waals surface area contributed by atoms with Gasteiger partial charge in [0.05, 0.1) is 19.1 Å². The van der Waals surface area contributed by atoms with Crippen molar-refractivity contribution in [1.82, 2.24) is 10.2 Å². The Morgan fingerprint density at radius 3 is 2.43 bits per heavy atom. The van der Waals surface area contributed by atoms with Crippen LogP contribution in [0.25, 0.3) is 0 Å². The third-order valence-corrected chi connectivity index (χ3v) is 7.15. The minimum atomic E-state index is -3.63. The van der Waals surface area contributed by atoms with Gasteiger partial charge in [-0.1, -0.05) is 41.4 Å². The number of amides is 2. The van der Waals surface area contributed by atoms with Gasteiger partial charge in [-0.15, -0.1) is 0 Å². The topological polar surface area (TPSA) is 96.0 Å². The van der Waals surface area contributed by atoms with Gasteiger partial charge in [0.2, 0.25) is 21.8 Å². The molecule has 2 aromatic carbocycles. The van der Waals surface area contributed by atoms with Crippen LogP contribution in [-0.2, 0) is 26.2 Å². The highest BCUT2D eigenvalue weighted by Crippen LogP contribution is 2.30. The standard InChI is InChI=1S/C24H31Cl2N3O5S/c1-5-27-24(31)17(2)28(16-18-12-13-19(25)15-20(18)26)23(30)11-8-14-29(35(4,32)33)21-9-6-7-10-22(21)34-3/h6-7,9-10,12-13,15,17H,5,8,11,14,16H2,1-4H3,(H,27,31)/t17-/m0/s1. The molecular formula is C24H31Cl2N3O5S. The highest BCUT2D eigenvalue weighted by atomic mass is 35.5. The van der Waals surface area contributed by atoms with Gasteiger partial charge in [0, 0.05) is 36.1 Å². The van der Waals surface area contributed by atoms with E-state index in [1.54, 1.807) is 56.3 Å². The molecule has 0 heterocycles. The Kier molecular flexibility index (Phi) is 10.7. The molecule has 2 aromatic rings. The van der Waals surface area contributed by atoms with Crippen molar-refractivity contribution in [2.75, 3.05) is 30.8 Å². The number of para-hydroxylation sites is 2. The van der Waals surface area contributed by atoms with Gasteiger partial charge in [0.25, 0.3) is 0 Å². The van der Waals surface area contributed by atoms with Crippen molar-refractivity contribution in [1.29, 1.82) is 0 Å². The number of anilines is 1. The number of halogens is 2. The lowest BCUT2D eigenvalue weighted by molar-refractivity contribution is -0.140. The molecule has 0 aliphatic carbocycles. The number of benzene rings is 2. The molecule has 0 saturated heterocycles. The van der Waals surface area contributed by atoms with E-state index >= 15 is 0 Å². The van der Waals surface area contributed by atoms with Gasteiger partial charge in [-0.3, -0.25) is 13.9 Å². The van der Waals surface area contributed by atoms with Gasteiger partial charge in [-0.2, -0.15) is 0 Å². The third-order valence-electron chi connectivity index (χ3n) is 5.38. The number of methoxy groups -OCH3 is 1. The SMILES string of the molecule is CCNC(=O)[C@H](C)N(Cc1ccc(Cl)cc1Cl)C(=O)CCCN(c1ccccc1OC)S(C)(=O)=O. The Morgan fingerprint density at radius 1 is 1.14 bits per heavy atom. The van der Waals surface area contributed by atoms with Crippen LogP contribution < -0.4 is 14.4 Å². The lowest BCUT2D eigenvalue weighted by atomic mass is 10.1. The number of rotatable bonds is 12. The molecule has 0 spiro atoms. The van der Waals surface area contributed by atoms with E-state index in [0.29, 0.717) is 33.6 Å². The highest BCUT2D eigenvalue weighted by Gasteiger charge is 2.27. The minimum Gasteiger partial charge on any atom is -0.495 e. The lowest BCUT2D eigenvalue weighted by Gasteiger charge is -2.29. The number of carbonyl (C=O) groups excluding carboxylic acids is 2. The normalized spacial score (nSPS) is 12.1. The van der Waals surface area contributed by atoms with E-state index in [1.807, 2.05) is 0 Å². The second-order valence-corrected chi connectivity index (χ2v) is 10.7. The first kappa shape index (κ1) is 28.7. The molecule has 0 aliphatic heterocycles. The fourth-order valence-corrected chi connectivity index (χ4v) is 4.99. The molecule has 0 bridgehead atoms. The van der Waals surface area contributed by atoms with Crippen LogP contribution in [0.5, 0.6) is 5.75 Å². The van der Waals surface area contributed by atoms with Crippen molar-refractivity contribution in [3.63, 3.8) is 0 Å². The van der Waals surface area contributed by atoms with E-state index in [4.69, 9.17) is 27.9 Å². The first-order valence-corrected chi connectivity index (χ1v) is 13.7. The number of likely N-dealkylation sites (N-methyl/N-ethyl adjacent to an activating group) is 1. The monoisotopic (exact) mass is 543 g/mol. The highest BCUT2D eigenvalue weighted by molar-refractivity contribution is 7.92. The fourth-order valence-electron chi connectivity index (χ4n) is 3.56. The molecule has 1 atom stereocenters. The number of hydrogen-bond acceptors (Lipinski definition) is 5. The largest absolute Gasteiger partial charge is 0.495 e. The summed E-state index contributed by atoms with van der Waals surface area (Å²) in [7, 11) is -2.17. The number of ether oxygens (including phenoxy) is 1. The molecule has 192 valence electrons. The summed E-state index contributed by atoms with van der Waals surface area (Å²) in [5.41, 5.74) is 1.04. The Hall–Kier alpha value is -2.49. The van der Waals surface area contributed by atoms with Crippen LogP contribution >= 0.6 is 23.2 Å². The molecule has 0 saturated carbocycles.